The van der Waals surface area contributed by atoms with Crippen LogP contribution in [0.15, 0.2) is 46.4 Å². The van der Waals surface area contributed by atoms with Gasteiger partial charge in [0.15, 0.2) is 5.82 Å². The number of nitrogens with one attached hydrogen (secondary N) is 1. The van der Waals surface area contributed by atoms with E-state index in [1.165, 1.54) is 16.7 Å². The Balaban J connectivity index is 1.33. The Hall–Kier alpha value is -3.83. The standard InChI is InChI=1S/C32H34ClF7N6O3Si/c1-50(2,3)8-7-49-17-46-30(48)27(32(38,39)40)25(15-43-46)44-21-6-4-5-18(9-21)16-45-26(33)11-19-10-23(24(34)12-22(19)29(45)47)28-41-13-20(14-42-28)31(35,36)37/h10-15,18,21,44H,4-9,16-17H2,1-3H3/t18-,21+/m1/s1. The van der Waals surface area contributed by atoms with E-state index in [1.807, 2.05) is 0 Å². The summed E-state index contributed by atoms with van der Waals surface area (Å²) in [6.07, 6.45) is -5.55. The topological polar surface area (TPSA) is 104 Å². The maximum Gasteiger partial charge on any atom is 0.423 e. The molecular formula is C32H34ClF7N6O3Si. The van der Waals surface area contributed by atoms with Crippen molar-refractivity contribution in [2.45, 2.75) is 83.0 Å². The lowest BCUT2D eigenvalue weighted by atomic mass is 9.85. The average molecular weight is 747 g/mol. The molecule has 0 amide bonds. The molecule has 1 saturated carbocycles. The van der Waals surface area contributed by atoms with Crippen LogP contribution in [0.1, 0.15) is 36.8 Å². The number of aromatic nitrogens is 5. The maximum atomic E-state index is 15.2. The third kappa shape index (κ3) is 8.72. The third-order valence-corrected chi connectivity index (χ3v) is 10.5. The first-order chi connectivity index (χ1) is 23.3. The fraction of sp³-hybridized carbons (Fsp3) is 0.469. The van der Waals surface area contributed by atoms with Gasteiger partial charge in [0.2, 0.25) is 0 Å². The number of alkyl halides is 6. The van der Waals surface area contributed by atoms with Crippen LogP contribution < -0.4 is 16.4 Å². The van der Waals surface area contributed by atoms with Crippen molar-refractivity contribution >= 4 is 36.1 Å². The normalized spacial score (nSPS) is 17.3. The Morgan fingerprint density at radius 2 is 1.68 bits per heavy atom. The highest BCUT2D eigenvalue weighted by Gasteiger charge is 2.39. The van der Waals surface area contributed by atoms with Crippen molar-refractivity contribution in [2.75, 3.05) is 11.9 Å². The lowest BCUT2D eigenvalue weighted by Crippen LogP contribution is -2.36. The molecule has 270 valence electrons. The summed E-state index contributed by atoms with van der Waals surface area (Å²) in [5.41, 5.74) is -5.10. The van der Waals surface area contributed by atoms with Gasteiger partial charge in [-0.2, -0.15) is 31.4 Å². The van der Waals surface area contributed by atoms with Crippen LogP contribution in [0.25, 0.3) is 22.2 Å². The van der Waals surface area contributed by atoms with E-state index >= 15 is 4.39 Å². The highest BCUT2D eigenvalue weighted by Crippen LogP contribution is 2.35. The number of benzene rings is 1. The van der Waals surface area contributed by atoms with Gasteiger partial charge in [0.1, 0.15) is 23.3 Å². The molecule has 3 heterocycles. The van der Waals surface area contributed by atoms with Crippen molar-refractivity contribution in [3.63, 3.8) is 0 Å². The van der Waals surface area contributed by atoms with Crippen LogP contribution in [0.2, 0.25) is 30.8 Å². The lowest BCUT2D eigenvalue weighted by Gasteiger charge is -2.31. The molecular weight excluding hydrogens is 713 g/mol. The van der Waals surface area contributed by atoms with Gasteiger partial charge in [0.05, 0.1) is 28.4 Å². The van der Waals surface area contributed by atoms with Crippen LogP contribution >= 0.6 is 11.6 Å². The Kier molecular flexibility index (Phi) is 10.8. The monoisotopic (exact) mass is 746 g/mol. The third-order valence-electron chi connectivity index (χ3n) is 8.49. The van der Waals surface area contributed by atoms with E-state index < -0.39 is 66.9 Å². The van der Waals surface area contributed by atoms with E-state index in [2.05, 4.69) is 40.0 Å². The second-order valence-electron chi connectivity index (χ2n) is 13.6. The summed E-state index contributed by atoms with van der Waals surface area (Å²) in [4.78, 5) is 33.6. The molecule has 0 spiro atoms. The van der Waals surface area contributed by atoms with E-state index in [1.54, 1.807) is 0 Å². The van der Waals surface area contributed by atoms with E-state index in [0.29, 0.717) is 49.4 Å². The molecule has 0 saturated heterocycles. The number of anilines is 1. The zero-order chi connectivity index (χ0) is 36.6. The van der Waals surface area contributed by atoms with Crippen LogP contribution in [0.5, 0.6) is 0 Å². The number of fused-ring (bicyclic) bond motifs is 1. The maximum absolute atomic E-state index is 15.2. The fourth-order valence-electron chi connectivity index (χ4n) is 5.86. The number of ether oxygens (including phenoxy) is 1. The highest BCUT2D eigenvalue weighted by atomic mass is 35.5. The quantitative estimate of drug-likeness (QED) is 0.0764. The van der Waals surface area contributed by atoms with Crippen LogP contribution in [-0.2, 0) is 30.4 Å². The molecule has 1 aromatic carbocycles. The fourth-order valence-corrected chi connectivity index (χ4v) is 6.88. The van der Waals surface area contributed by atoms with Gasteiger partial charge in [-0.3, -0.25) is 14.2 Å². The van der Waals surface area contributed by atoms with Crippen molar-refractivity contribution in [1.82, 2.24) is 24.3 Å². The molecule has 0 unspecified atom stereocenters. The Morgan fingerprint density at radius 3 is 2.32 bits per heavy atom. The molecule has 0 radical (unpaired) electrons. The molecule has 18 heteroatoms. The number of halogens is 8. The molecule has 5 rings (SSSR count). The summed E-state index contributed by atoms with van der Waals surface area (Å²) in [5.74, 6) is -1.47. The van der Waals surface area contributed by atoms with E-state index in [4.69, 9.17) is 16.3 Å². The van der Waals surface area contributed by atoms with Crippen LogP contribution in [0.3, 0.4) is 0 Å². The first-order valence-electron chi connectivity index (χ1n) is 15.8. The first-order valence-corrected chi connectivity index (χ1v) is 19.8. The zero-order valence-electron chi connectivity index (χ0n) is 27.3. The highest BCUT2D eigenvalue weighted by molar-refractivity contribution is 6.76. The average Bonchev–Trinajstić information content (AvgIpc) is 3.01. The molecule has 0 aliphatic heterocycles. The van der Waals surface area contributed by atoms with E-state index in [0.717, 1.165) is 18.3 Å². The summed E-state index contributed by atoms with van der Waals surface area (Å²) in [5, 5.41) is 6.94. The molecule has 4 aromatic rings. The summed E-state index contributed by atoms with van der Waals surface area (Å²) >= 11 is 6.49. The van der Waals surface area contributed by atoms with Crippen LogP contribution in [0.4, 0.5) is 36.4 Å². The van der Waals surface area contributed by atoms with Gasteiger partial charge >= 0.3 is 12.4 Å². The van der Waals surface area contributed by atoms with Gasteiger partial charge in [0, 0.05) is 39.7 Å². The summed E-state index contributed by atoms with van der Waals surface area (Å²) in [7, 11) is -1.45. The molecule has 50 heavy (non-hydrogen) atoms. The minimum Gasteiger partial charge on any atom is -0.380 e. The summed E-state index contributed by atoms with van der Waals surface area (Å²) < 4.78 is 104. The van der Waals surface area contributed by atoms with Gasteiger partial charge in [-0.05, 0) is 54.8 Å². The predicted molar refractivity (Wildman–Crippen MR) is 176 cm³/mol. The second kappa shape index (κ2) is 14.4. The first kappa shape index (κ1) is 37.4. The molecule has 1 fully saturated rings. The Morgan fingerprint density at radius 1 is 0.980 bits per heavy atom. The van der Waals surface area contributed by atoms with Gasteiger partial charge in [-0.15, -0.1) is 0 Å². The molecule has 1 aliphatic carbocycles. The number of pyridine rings is 1. The molecule has 3 aromatic heterocycles. The Labute approximate surface area is 287 Å². The van der Waals surface area contributed by atoms with E-state index in [-0.39, 0.29) is 39.8 Å². The molecule has 9 nitrogen and oxygen atoms in total. The smallest absolute Gasteiger partial charge is 0.380 e. The van der Waals surface area contributed by atoms with Gasteiger partial charge < -0.3 is 10.1 Å². The molecule has 2 atom stereocenters. The van der Waals surface area contributed by atoms with Crippen molar-refractivity contribution in [3.05, 3.63) is 79.6 Å². The molecule has 0 bridgehead atoms. The van der Waals surface area contributed by atoms with Crippen LogP contribution in [-0.4, -0.2) is 45.0 Å². The van der Waals surface area contributed by atoms with Crippen LogP contribution in [0, 0.1) is 11.7 Å². The number of nitrogens with zero attached hydrogens (tertiary/aromatic N) is 5. The zero-order valence-corrected chi connectivity index (χ0v) is 29.0. The largest absolute Gasteiger partial charge is 0.423 e. The van der Waals surface area contributed by atoms with Crippen molar-refractivity contribution in [3.8, 4) is 11.4 Å². The minimum atomic E-state index is -4.96. The number of rotatable bonds is 10. The van der Waals surface area contributed by atoms with Crippen molar-refractivity contribution < 1.29 is 35.5 Å². The summed E-state index contributed by atoms with van der Waals surface area (Å²) in [6, 6.07) is 3.86. The number of hydrogen-bond acceptors (Lipinski definition) is 7. The van der Waals surface area contributed by atoms with Gasteiger partial charge in [0.25, 0.3) is 11.1 Å². The number of hydrogen-bond donors (Lipinski definition) is 1. The summed E-state index contributed by atoms with van der Waals surface area (Å²) in [6.45, 7) is 6.34. The second-order valence-corrected chi connectivity index (χ2v) is 19.6. The Bertz CT molecular complexity index is 1980. The van der Waals surface area contributed by atoms with Gasteiger partial charge in [-0.25, -0.2) is 19.0 Å². The minimum absolute atomic E-state index is 0.00251. The van der Waals surface area contributed by atoms with Crippen molar-refractivity contribution in [1.29, 1.82) is 0 Å². The van der Waals surface area contributed by atoms with E-state index in [9.17, 15) is 35.9 Å². The van der Waals surface area contributed by atoms with Crippen molar-refractivity contribution in [2.24, 2.45) is 5.92 Å². The molecule has 1 aliphatic rings. The molecule has 1 N–H and O–H groups in total. The SMILES string of the molecule is C[Si](C)(C)CCOCn1ncc(N[C@H]2CCC[C@@H](Cn3c(Cl)cc4cc(-c5ncc(C(F)(F)F)cn5)c(F)cc4c3=O)C2)c(C(F)(F)F)c1=O. The lowest BCUT2D eigenvalue weighted by molar-refractivity contribution is -0.139. The predicted octanol–water partition coefficient (Wildman–Crippen LogP) is 7.83. The van der Waals surface area contributed by atoms with Gasteiger partial charge in [-0.1, -0.05) is 37.7 Å².